The number of hydrogen-bond donors (Lipinski definition) is 2. The molecule has 0 amide bonds. The lowest BCUT2D eigenvalue weighted by atomic mass is 10.0. The van der Waals surface area contributed by atoms with Gasteiger partial charge in [0.05, 0.1) is 5.60 Å². The lowest BCUT2D eigenvalue weighted by Crippen LogP contribution is -2.34. The van der Waals surface area contributed by atoms with Crippen LogP contribution in [0.25, 0.3) is 0 Å². The average Bonchev–Trinajstić information content (AvgIpc) is 2.27. The summed E-state index contributed by atoms with van der Waals surface area (Å²) in [7, 11) is 0. The molecule has 0 radical (unpaired) electrons. The molecule has 16 heavy (non-hydrogen) atoms. The number of nitrogens with two attached hydrogens (primary N) is 1. The molecule has 0 aliphatic heterocycles. The Labute approximate surface area is 102 Å². The SMILES string of the molecule is Cc1ccccc1SCCCC(C)(O)CN. The maximum Gasteiger partial charge on any atom is 0.0741 e. The van der Waals surface area contributed by atoms with Gasteiger partial charge in [-0.15, -0.1) is 11.8 Å². The van der Waals surface area contributed by atoms with Gasteiger partial charge in [0, 0.05) is 11.4 Å². The van der Waals surface area contributed by atoms with Crippen molar-refractivity contribution in [3.8, 4) is 0 Å². The van der Waals surface area contributed by atoms with E-state index < -0.39 is 5.60 Å². The quantitative estimate of drug-likeness (QED) is 0.592. The first-order valence-electron chi connectivity index (χ1n) is 5.66. The molecule has 0 saturated carbocycles. The largest absolute Gasteiger partial charge is 0.389 e. The second-order valence-electron chi connectivity index (χ2n) is 4.42. The van der Waals surface area contributed by atoms with E-state index in [0.29, 0.717) is 6.54 Å². The Balaban J connectivity index is 2.29. The number of rotatable bonds is 6. The molecule has 1 unspecified atom stereocenters. The topological polar surface area (TPSA) is 46.2 Å². The van der Waals surface area contributed by atoms with Gasteiger partial charge >= 0.3 is 0 Å². The van der Waals surface area contributed by atoms with Gasteiger partial charge in [0.1, 0.15) is 0 Å². The molecule has 0 aliphatic rings. The van der Waals surface area contributed by atoms with Crippen LogP contribution >= 0.6 is 11.8 Å². The fourth-order valence-corrected chi connectivity index (χ4v) is 2.43. The van der Waals surface area contributed by atoms with Crippen molar-refractivity contribution >= 4 is 11.8 Å². The van der Waals surface area contributed by atoms with Gasteiger partial charge in [-0.2, -0.15) is 0 Å². The van der Waals surface area contributed by atoms with Crippen LogP contribution in [0, 0.1) is 6.92 Å². The molecule has 0 heterocycles. The minimum atomic E-state index is -0.702. The van der Waals surface area contributed by atoms with Crippen molar-refractivity contribution < 1.29 is 5.11 Å². The third-order valence-electron chi connectivity index (χ3n) is 2.65. The first-order valence-corrected chi connectivity index (χ1v) is 6.64. The molecule has 0 aromatic heterocycles. The van der Waals surface area contributed by atoms with Crippen LogP contribution in [0.3, 0.4) is 0 Å². The van der Waals surface area contributed by atoms with Crippen LogP contribution in [0.2, 0.25) is 0 Å². The van der Waals surface area contributed by atoms with Gasteiger partial charge in [0.2, 0.25) is 0 Å². The Morgan fingerprint density at radius 3 is 2.69 bits per heavy atom. The summed E-state index contributed by atoms with van der Waals surface area (Å²) in [5, 5.41) is 9.74. The summed E-state index contributed by atoms with van der Waals surface area (Å²) in [5.41, 5.74) is 6.08. The fraction of sp³-hybridized carbons (Fsp3) is 0.538. The maximum absolute atomic E-state index is 9.74. The molecule has 0 aliphatic carbocycles. The number of aliphatic hydroxyl groups is 1. The summed E-state index contributed by atoms with van der Waals surface area (Å²) in [6.07, 6.45) is 1.76. The predicted molar refractivity (Wildman–Crippen MR) is 70.8 cm³/mol. The van der Waals surface area contributed by atoms with Crippen molar-refractivity contribution in [2.24, 2.45) is 5.73 Å². The molecule has 90 valence electrons. The highest BCUT2D eigenvalue weighted by Gasteiger charge is 2.16. The smallest absolute Gasteiger partial charge is 0.0741 e. The Morgan fingerprint density at radius 1 is 1.38 bits per heavy atom. The van der Waals surface area contributed by atoms with E-state index in [4.69, 9.17) is 5.73 Å². The van der Waals surface area contributed by atoms with Gasteiger partial charge in [-0.3, -0.25) is 0 Å². The van der Waals surface area contributed by atoms with Crippen molar-refractivity contribution in [2.75, 3.05) is 12.3 Å². The van der Waals surface area contributed by atoms with Gasteiger partial charge in [-0.25, -0.2) is 0 Å². The molecule has 1 aromatic rings. The highest BCUT2D eigenvalue weighted by molar-refractivity contribution is 7.99. The lowest BCUT2D eigenvalue weighted by Gasteiger charge is -2.20. The summed E-state index contributed by atoms with van der Waals surface area (Å²) in [6.45, 7) is 4.26. The van der Waals surface area contributed by atoms with E-state index in [1.807, 2.05) is 11.8 Å². The lowest BCUT2D eigenvalue weighted by molar-refractivity contribution is 0.0596. The second-order valence-corrected chi connectivity index (χ2v) is 5.56. The molecule has 3 heteroatoms. The number of thioether (sulfide) groups is 1. The molecule has 2 nitrogen and oxygen atoms in total. The molecule has 0 fully saturated rings. The summed E-state index contributed by atoms with van der Waals surface area (Å²) >= 11 is 1.85. The Morgan fingerprint density at radius 2 is 2.06 bits per heavy atom. The molecule has 1 aromatic carbocycles. The van der Waals surface area contributed by atoms with E-state index in [1.54, 1.807) is 6.92 Å². The Hall–Kier alpha value is -0.510. The summed E-state index contributed by atoms with van der Waals surface area (Å²) in [5.74, 6) is 1.03. The van der Waals surface area contributed by atoms with Crippen molar-refractivity contribution in [1.82, 2.24) is 0 Å². The van der Waals surface area contributed by atoms with Gasteiger partial charge in [0.15, 0.2) is 0 Å². The van der Waals surface area contributed by atoms with E-state index in [0.717, 1.165) is 18.6 Å². The molecule has 1 rings (SSSR count). The molecule has 0 bridgehead atoms. The first kappa shape index (κ1) is 13.6. The van der Waals surface area contributed by atoms with Crippen molar-refractivity contribution in [1.29, 1.82) is 0 Å². The number of aryl methyl sites for hydroxylation is 1. The zero-order valence-electron chi connectivity index (χ0n) is 10.1. The maximum atomic E-state index is 9.74. The standard InChI is InChI=1S/C13H21NOS/c1-11-6-3-4-7-12(11)16-9-5-8-13(2,15)10-14/h3-4,6-7,15H,5,8-10,14H2,1-2H3. The van der Waals surface area contributed by atoms with E-state index in [2.05, 4.69) is 31.2 Å². The molecular formula is C13H21NOS. The number of hydrogen-bond acceptors (Lipinski definition) is 3. The highest BCUT2D eigenvalue weighted by Crippen LogP contribution is 2.23. The van der Waals surface area contributed by atoms with Crippen LogP contribution in [0.5, 0.6) is 0 Å². The minimum absolute atomic E-state index is 0.335. The van der Waals surface area contributed by atoms with Crippen LogP contribution in [0.4, 0.5) is 0 Å². The highest BCUT2D eigenvalue weighted by atomic mass is 32.2. The van der Waals surface area contributed by atoms with Crippen LogP contribution in [-0.2, 0) is 0 Å². The normalized spacial score (nSPS) is 14.8. The molecule has 0 spiro atoms. The van der Waals surface area contributed by atoms with Crippen LogP contribution in [0.15, 0.2) is 29.2 Å². The summed E-state index contributed by atoms with van der Waals surface area (Å²) in [6, 6.07) is 8.38. The first-order chi connectivity index (χ1) is 7.55. The molecule has 1 atom stereocenters. The third kappa shape index (κ3) is 4.56. The van der Waals surface area contributed by atoms with Crippen molar-refractivity contribution in [2.45, 2.75) is 37.2 Å². The monoisotopic (exact) mass is 239 g/mol. The van der Waals surface area contributed by atoms with Crippen molar-refractivity contribution in [3.63, 3.8) is 0 Å². The zero-order valence-corrected chi connectivity index (χ0v) is 10.9. The molecular weight excluding hydrogens is 218 g/mol. The molecule has 3 N–H and O–H groups in total. The predicted octanol–water partition coefficient (Wildman–Crippen LogP) is 2.58. The Bertz CT molecular complexity index is 325. The summed E-state index contributed by atoms with van der Waals surface area (Å²) in [4.78, 5) is 1.33. The van der Waals surface area contributed by atoms with Crippen LogP contribution in [-0.4, -0.2) is 23.0 Å². The second kappa shape index (κ2) is 6.28. The zero-order chi connectivity index (χ0) is 12.0. The summed E-state index contributed by atoms with van der Waals surface area (Å²) < 4.78 is 0. The van der Waals surface area contributed by atoms with E-state index in [1.165, 1.54) is 10.5 Å². The van der Waals surface area contributed by atoms with E-state index in [9.17, 15) is 5.11 Å². The molecule has 0 saturated heterocycles. The Kier molecular flexibility index (Phi) is 5.32. The van der Waals surface area contributed by atoms with Crippen LogP contribution in [0.1, 0.15) is 25.3 Å². The van der Waals surface area contributed by atoms with E-state index in [-0.39, 0.29) is 0 Å². The minimum Gasteiger partial charge on any atom is -0.389 e. The van der Waals surface area contributed by atoms with E-state index >= 15 is 0 Å². The number of benzene rings is 1. The van der Waals surface area contributed by atoms with Crippen LogP contribution < -0.4 is 5.73 Å². The van der Waals surface area contributed by atoms with Gasteiger partial charge in [-0.1, -0.05) is 18.2 Å². The average molecular weight is 239 g/mol. The van der Waals surface area contributed by atoms with Gasteiger partial charge in [-0.05, 0) is 44.1 Å². The van der Waals surface area contributed by atoms with Gasteiger partial charge in [0.25, 0.3) is 0 Å². The van der Waals surface area contributed by atoms with Gasteiger partial charge < -0.3 is 10.8 Å². The van der Waals surface area contributed by atoms with Crippen molar-refractivity contribution in [3.05, 3.63) is 29.8 Å². The third-order valence-corrected chi connectivity index (χ3v) is 3.91. The fourth-order valence-electron chi connectivity index (χ4n) is 1.46.